The van der Waals surface area contributed by atoms with Crippen LogP contribution in [0, 0.1) is 12.7 Å². The minimum absolute atomic E-state index is 0.129. The number of aromatic nitrogens is 1. The smallest absolute Gasteiger partial charge is 0.123 e. The van der Waals surface area contributed by atoms with Gasteiger partial charge >= 0.3 is 0 Å². The van der Waals surface area contributed by atoms with Gasteiger partial charge in [0.2, 0.25) is 0 Å². The van der Waals surface area contributed by atoms with E-state index in [-0.39, 0.29) is 11.9 Å². The highest BCUT2D eigenvalue weighted by atomic mass is 35.5. The van der Waals surface area contributed by atoms with Crippen molar-refractivity contribution < 1.29 is 4.39 Å². The topological polar surface area (TPSA) is 24.9 Å². The van der Waals surface area contributed by atoms with Gasteiger partial charge < -0.3 is 5.32 Å². The Morgan fingerprint density at radius 3 is 2.79 bits per heavy atom. The van der Waals surface area contributed by atoms with Crippen molar-refractivity contribution in [1.29, 1.82) is 0 Å². The number of nitrogens with one attached hydrogen (secondary N) is 1. The Morgan fingerprint density at radius 1 is 1.32 bits per heavy atom. The van der Waals surface area contributed by atoms with Crippen LogP contribution in [0.15, 0.2) is 36.7 Å². The van der Waals surface area contributed by atoms with Crippen LogP contribution in [0.3, 0.4) is 0 Å². The molecule has 1 N–H and O–H groups in total. The van der Waals surface area contributed by atoms with Gasteiger partial charge in [0.25, 0.3) is 0 Å². The minimum Gasteiger partial charge on any atom is -0.306 e. The van der Waals surface area contributed by atoms with Crippen molar-refractivity contribution in [3.05, 3.63) is 64.2 Å². The highest BCUT2D eigenvalue weighted by molar-refractivity contribution is 6.31. The van der Waals surface area contributed by atoms with Gasteiger partial charge in [0.1, 0.15) is 5.82 Å². The number of hydrogen-bond donors (Lipinski definition) is 1. The fourth-order valence-electron chi connectivity index (χ4n) is 2.13. The quantitative estimate of drug-likeness (QED) is 0.918. The normalized spacial score (nSPS) is 12.4. The molecule has 0 amide bonds. The van der Waals surface area contributed by atoms with Crippen molar-refractivity contribution in [2.45, 2.75) is 19.9 Å². The molecular formula is C15H16ClFN2. The average molecular weight is 279 g/mol. The van der Waals surface area contributed by atoms with E-state index in [4.69, 9.17) is 11.6 Å². The fourth-order valence-corrected chi connectivity index (χ4v) is 2.36. The van der Waals surface area contributed by atoms with E-state index in [0.717, 1.165) is 23.2 Å². The molecule has 1 aromatic heterocycles. The van der Waals surface area contributed by atoms with E-state index in [2.05, 4.69) is 10.3 Å². The van der Waals surface area contributed by atoms with E-state index >= 15 is 0 Å². The Balaban J connectivity index is 2.51. The molecule has 2 rings (SSSR count). The molecule has 19 heavy (non-hydrogen) atoms. The lowest BCUT2D eigenvalue weighted by molar-refractivity contribution is 0.600. The third-order valence-corrected chi connectivity index (χ3v) is 3.39. The van der Waals surface area contributed by atoms with Crippen LogP contribution >= 0.6 is 11.6 Å². The van der Waals surface area contributed by atoms with Crippen LogP contribution in [0.4, 0.5) is 4.39 Å². The summed E-state index contributed by atoms with van der Waals surface area (Å²) in [5.41, 5.74) is 2.84. The highest BCUT2D eigenvalue weighted by Gasteiger charge is 2.18. The molecule has 0 saturated carbocycles. The molecule has 1 atom stereocenters. The van der Waals surface area contributed by atoms with Crippen molar-refractivity contribution in [3.63, 3.8) is 0 Å². The molecule has 2 nitrogen and oxygen atoms in total. The number of benzene rings is 1. The summed E-state index contributed by atoms with van der Waals surface area (Å²) in [6, 6.07) is 6.54. The summed E-state index contributed by atoms with van der Waals surface area (Å²) in [7, 11) is 0. The maximum absolute atomic E-state index is 13.5. The van der Waals surface area contributed by atoms with E-state index in [1.54, 1.807) is 24.5 Å². The molecule has 1 heterocycles. The number of halogens is 2. The van der Waals surface area contributed by atoms with Crippen molar-refractivity contribution in [2.75, 3.05) is 6.54 Å². The van der Waals surface area contributed by atoms with E-state index in [0.29, 0.717) is 5.02 Å². The van der Waals surface area contributed by atoms with E-state index in [1.165, 1.54) is 6.07 Å². The first kappa shape index (κ1) is 14.0. The van der Waals surface area contributed by atoms with Gasteiger partial charge in [-0.15, -0.1) is 0 Å². The molecule has 0 saturated heterocycles. The van der Waals surface area contributed by atoms with Crippen molar-refractivity contribution in [1.82, 2.24) is 10.3 Å². The van der Waals surface area contributed by atoms with Crippen molar-refractivity contribution >= 4 is 11.6 Å². The number of hydrogen-bond acceptors (Lipinski definition) is 2. The van der Waals surface area contributed by atoms with Crippen LogP contribution in [0.25, 0.3) is 0 Å². The van der Waals surface area contributed by atoms with Gasteiger partial charge in [-0.25, -0.2) is 4.39 Å². The zero-order chi connectivity index (χ0) is 13.8. The molecule has 1 aromatic carbocycles. The molecule has 0 fully saturated rings. The lowest BCUT2D eigenvalue weighted by atomic mass is 9.95. The van der Waals surface area contributed by atoms with E-state index < -0.39 is 0 Å². The third kappa shape index (κ3) is 3.11. The second-order valence-corrected chi connectivity index (χ2v) is 4.80. The average Bonchev–Trinajstić information content (AvgIpc) is 2.40. The van der Waals surface area contributed by atoms with Crippen LogP contribution in [0.1, 0.15) is 29.7 Å². The largest absolute Gasteiger partial charge is 0.306 e. The minimum atomic E-state index is -0.242. The monoisotopic (exact) mass is 278 g/mol. The van der Waals surface area contributed by atoms with Crippen LogP contribution in [0.5, 0.6) is 0 Å². The number of rotatable bonds is 4. The summed E-state index contributed by atoms with van der Waals surface area (Å²) < 4.78 is 13.5. The Morgan fingerprint density at radius 2 is 2.11 bits per heavy atom. The zero-order valence-corrected chi connectivity index (χ0v) is 11.7. The summed E-state index contributed by atoms with van der Waals surface area (Å²) >= 11 is 6.20. The molecule has 2 aromatic rings. The molecule has 4 heteroatoms. The zero-order valence-electron chi connectivity index (χ0n) is 11.0. The first-order valence-corrected chi connectivity index (χ1v) is 6.60. The van der Waals surface area contributed by atoms with Crippen molar-refractivity contribution in [2.24, 2.45) is 0 Å². The molecule has 0 aliphatic carbocycles. The summed E-state index contributed by atoms with van der Waals surface area (Å²) in [6.07, 6.45) is 3.30. The predicted octanol–water partition coefficient (Wildman–Crippen LogP) is 3.88. The van der Waals surface area contributed by atoms with Gasteiger partial charge in [-0.05, 0) is 48.4 Å². The van der Waals surface area contributed by atoms with Gasteiger partial charge in [0, 0.05) is 12.4 Å². The number of nitrogens with zero attached hydrogens (tertiary/aromatic N) is 1. The Hall–Kier alpha value is -1.45. The lowest BCUT2D eigenvalue weighted by Gasteiger charge is -2.21. The highest BCUT2D eigenvalue weighted by Crippen LogP contribution is 2.29. The van der Waals surface area contributed by atoms with Crippen LogP contribution in [-0.2, 0) is 0 Å². The second kappa shape index (κ2) is 6.13. The Labute approximate surface area is 117 Å². The molecule has 0 aliphatic rings. The first-order chi connectivity index (χ1) is 9.13. The van der Waals surface area contributed by atoms with E-state index in [9.17, 15) is 4.39 Å². The van der Waals surface area contributed by atoms with Gasteiger partial charge in [-0.1, -0.05) is 24.6 Å². The van der Waals surface area contributed by atoms with Gasteiger partial charge in [0.05, 0.1) is 11.1 Å². The SMILES string of the molecule is CCNC(c1cc(F)ccc1C)c1ccncc1Cl. The molecule has 0 radical (unpaired) electrons. The molecule has 0 aliphatic heterocycles. The molecule has 0 spiro atoms. The second-order valence-electron chi connectivity index (χ2n) is 4.39. The van der Waals surface area contributed by atoms with Crippen LogP contribution < -0.4 is 5.32 Å². The van der Waals surface area contributed by atoms with Gasteiger partial charge in [-0.3, -0.25) is 4.98 Å². The summed E-state index contributed by atoms with van der Waals surface area (Å²) in [5.74, 6) is -0.242. The fraction of sp³-hybridized carbons (Fsp3) is 0.267. The molecule has 100 valence electrons. The van der Waals surface area contributed by atoms with Crippen LogP contribution in [-0.4, -0.2) is 11.5 Å². The van der Waals surface area contributed by atoms with E-state index in [1.807, 2.05) is 19.9 Å². The maximum Gasteiger partial charge on any atom is 0.123 e. The van der Waals surface area contributed by atoms with Gasteiger partial charge in [-0.2, -0.15) is 0 Å². The number of aryl methyl sites for hydroxylation is 1. The summed E-state index contributed by atoms with van der Waals surface area (Å²) in [4.78, 5) is 3.99. The maximum atomic E-state index is 13.5. The standard InChI is InChI=1S/C15H16ClFN2/c1-3-19-15(12-6-7-18-9-14(12)16)13-8-11(17)5-4-10(13)2/h4-9,15,19H,3H2,1-2H3. The summed E-state index contributed by atoms with van der Waals surface area (Å²) in [6.45, 7) is 4.74. The van der Waals surface area contributed by atoms with Gasteiger partial charge in [0.15, 0.2) is 0 Å². The van der Waals surface area contributed by atoms with Crippen LogP contribution in [0.2, 0.25) is 5.02 Å². The first-order valence-electron chi connectivity index (χ1n) is 6.22. The molecule has 0 bridgehead atoms. The Bertz CT molecular complexity index is 572. The lowest BCUT2D eigenvalue weighted by Crippen LogP contribution is -2.23. The predicted molar refractivity (Wildman–Crippen MR) is 75.9 cm³/mol. The molecule has 1 unspecified atom stereocenters. The summed E-state index contributed by atoms with van der Waals surface area (Å²) in [5, 5.41) is 3.93. The van der Waals surface area contributed by atoms with Crippen molar-refractivity contribution in [3.8, 4) is 0 Å². The third-order valence-electron chi connectivity index (χ3n) is 3.08. The number of pyridine rings is 1. The Kier molecular flexibility index (Phi) is 4.51. The molecular weight excluding hydrogens is 263 g/mol.